The number of halogens is 2. The summed E-state index contributed by atoms with van der Waals surface area (Å²) < 4.78 is 31.2. The summed E-state index contributed by atoms with van der Waals surface area (Å²) in [6.45, 7) is 3.35. The lowest BCUT2D eigenvalue weighted by atomic mass is 10.1. The molecular weight excluding hydrogens is 250 g/mol. The highest BCUT2D eigenvalue weighted by molar-refractivity contribution is 5.21. The van der Waals surface area contributed by atoms with Crippen LogP contribution in [-0.2, 0) is 4.74 Å². The molecule has 0 aliphatic carbocycles. The molecule has 0 bridgehead atoms. The maximum Gasteiger partial charge on any atom is 0.159 e. The molecule has 19 heavy (non-hydrogen) atoms. The van der Waals surface area contributed by atoms with E-state index in [1.54, 1.807) is 13.2 Å². The fraction of sp³-hybridized carbons (Fsp3) is 0.571. The van der Waals surface area contributed by atoms with Gasteiger partial charge in [-0.05, 0) is 36.6 Å². The second-order valence-corrected chi connectivity index (χ2v) is 5.15. The molecule has 1 aromatic rings. The first-order valence-electron chi connectivity index (χ1n) is 6.52. The van der Waals surface area contributed by atoms with E-state index in [-0.39, 0.29) is 6.04 Å². The average molecular weight is 270 g/mol. The standard InChI is InChI=1S/C14H20F2N2O/c1-19-9-10-4-5-18(7-10)8-14(17)11-2-3-12(15)13(16)6-11/h2-3,6,10,14H,4-5,7-9,17H2,1H3. The van der Waals surface area contributed by atoms with Crippen LogP contribution in [0.2, 0.25) is 0 Å². The zero-order valence-corrected chi connectivity index (χ0v) is 11.1. The van der Waals surface area contributed by atoms with Gasteiger partial charge in [0.15, 0.2) is 11.6 Å². The lowest BCUT2D eigenvalue weighted by Gasteiger charge is -2.21. The van der Waals surface area contributed by atoms with Gasteiger partial charge in [0.2, 0.25) is 0 Å². The molecule has 1 saturated heterocycles. The number of likely N-dealkylation sites (tertiary alicyclic amines) is 1. The predicted molar refractivity (Wildman–Crippen MR) is 69.7 cm³/mol. The molecule has 1 aliphatic rings. The Labute approximate surface area is 112 Å². The predicted octanol–water partition coefficient (Wildman–Crippen LogP) is 1.93. The van der Waals surface area contributed by atoms with E-state index in [0.717, 1.165) is 32.2 Å². The molecule has 0 radical (unpaired) electrons. The average Bonchev–Trinajstić information content (AvgIpc) is 2.80. The Morgan fingerprint density at radius 3 is 2.89 bits per heavy atom. The molecule has 106 valence electrons. The van der Waals surface area contributed by atoms with Crippen LogP contribution in [0.25, 0.3) is 0 Å². The van der Waals surface area contributed by atoms with Crippen molar-refractivity contribution in [3.63, 3.8) is 0 Å². The van der Waals surface area contributed by atoms with Gasteiger partial charge in [-0.1, -0.05) is 6.07 Å². The normalized spacial score (nSPS) is 21.8. The highest BCUT2D eigenvalue weighted by atomic mass is 19.2. The van der Waals surface area contributed by atoms with Crippen LogP contribution in [0.15, 0.2) is 18.2 Å². The smallest absolute Gasteiger partial charge is 0.159 e. The molecule has 1 fully saturated rings. The third kappa shape index (κ3) is 3.72. The molecule has 0 saturated carbocycles. The first-order chi connectivity index (χ1) is 9.10. The van der Waals surface area contributed by atoms with Crippen molar-refractivity contribution in [3.05, 3.63) is 35.4 Å². The van der Waals surface area contributed by atoms with Crippen molar-refractivity contribution >= 4 is 0 Å². The van der Waals surface area contributed by atoms with Gasteiger partial charge < -0.3 is 15.4 Å². The molecular formula is C14H20F2N2O. The maximum atomic E-state index is 13.2. The van der Waals surface area contributed by atoms with E-state index in [2.05, 4.69) is 4.90 Å². The zero-order chi connectivity index (χ0) is 13.8. The summed E-state index contributed by atoms with van der Waals surface area (Å²) in [7, 11) is 1.70. The fourth-order valence-corrected chi connectivity index (χ4v) is 2.58. The Kier molecular flexibility index (Phi) is 4.85. The molecule has 2 rings (SSSR count). The van der Waals surface area contributed by atoms with Crippen molar-refractivity contribution in [2.24, 2.45) is 11.7 Å². The number of nitrogens with zero attached hydrogens (tertiary/aromatic N) is 1. The minimum atomic E-state index is -0.841. The van der Waals surface area contributed by atoms with E-state index in [0.29, 0.717) is 18.0 Å². The third-order valence-corrected chi connectivity index (χ3v) is 3.60. The van der Waals surface area contributed by atoms with Crippen LogP contribution in [-0.4, -0.2) is 38.3 Å². The van der Waals surface area contributed by atoms with Crippen LogP contribution in [0.1, 0.15) is 18.0 Å². The number of benzene rings is 1. The highest BCUT2D eigenvalue weighted by Gasteiger charge is 2.24. The molecule has 2 unspecified atom stereocenters. The lowest BCUT2D eigenvalue weighted by Crippen LogP contribution is -2.31. The van der Waals surface area contributed by atoms with Crippen molar-refractivity contribution in [1.82, 2.24) is 4.90 Å². The van der Waals surface area contributed by atoms with Crippen LogP contribution in [0.3, 0.4) is 0 Å². The fourth-order valence-electron chi connectivity index (χ4n) is 2.58. The number of hydrogen-bond donors (Lipinski definition) is 1. The molecule has 1 aromatic carbocycles. The first kappa shape index (κ1) is 14.4. The highest BCUT2D eigenvalue weighted by Crippen LogP contribution is 2.20. The molecule has 3 nitrogen and oxygen atoms in total. The van der Waals surface area contributed by atoms with Gasteiger partial charge in [-0.2, -0.15) is 0 Å². The Morgan fingerprint density at radius 1 is 1.42 bits per heavy atom. The minimum absolute atomic E-state index is 0.295. The van der Waals surface area contributed by atoms with Gasteiger partial charge in [0.25, 0.3) is 0 Å². The third-order valence-electron chi connectivity index (χ3n) is 3.60. The molecule has 5 heteroatoms. The van der Waals surface area contributed by atoms with Crippen molar-refractivity contribution < 1.29 is 13.5 Å². The van der Waals surface area contributed by atoms with Crippen molar-refractivity contribution in [3.8, 4) is 0 Å². The van der Waals surface area contributed by atoms with Gasteiger partial charge in [0.1, 0.15) is 0 Å². The second-order valence-electron chi connectivity index (χ2n) is 5.15. The molecule has 2 N–H and O–H groups in total. The Morgan fingerprint density at radius 2 is 2.21 bits per heavy atom. The Balaban J connectivity index is 1.90. The molecule has 1 aliphatic heterocycles. The van der Waals surface area contributed by atoms with E-state index < -0.39 is 11.6 Å². The summed E-state index contributed by atoms with van der Waals surface area (Å²) in [5, 5.41) is 0. The monoisotopic (exact) mass is 270 g/mol. The number of nitrogens with two attached hydrogens (primary N) is 1. The molecule has 0 spiro atoms. The van der Waals surface area contributed by atoms with Gasteiger partial charge in [-0.3, -0.25) is 0 Å². The minimum Gasteiger partial charge on any atom is -0.384 e. The van der Waals surface area contributed by atoms with Gasteiger partial charge in [0, 0.05) is 26.2 Å². The SMILES string of the molecule is COCC1CCN(CC(N)c2ccc(F)c(F)c2)C1. The summed E-state index contributed by atoms with van der Waals surface area (Å²) in [5.74, 6) is -1.13. The summed E-state index contributed by atoms with van der Waals surface area (Å²) >= 11 is 0. The Hall–Kier alpha value is -1.04. The van der Waals surface area contributed by atoms with E-state index in [1.165, 1.54) is 6.07 Å². The van der Waals surface area contributed by atoms with E-state index >= 15 is 0 Å². The van der Waals surface area contributed by atoms with Gasteiger partial charge in [0.05, 0.1) is 6.61 Å². The number of hydrogen-bond acceptors (Lipinski definition) is 3. The van der Waals surface area contributed by atoms with Crippen molar-refractivity contribution in [2.75, 3.05) is 33.4 Å². The van der Waals surface area contributed by atoms with Crippen molar-refractivity contribution in [2.45, 2.75) is 12.5 Å². The first-order valence-corrected chi connectivity index (χ1v) is 6.52. The molecule has 0 amide bonds. The summed E-state index contributed by atoms with van der Waals surface area (Å²) in [6, 6.07) is 3.56. The number of methoxy groups -OCH3 is 1. The quantitative estimate of drug-likeness (QED) is 0.888. The maximum absolute atomic E-state index is 13.2. The van der Waals surface area contributed by atoms with Crippen LogP contribution in [0, 0.1) is 17.6 Å². The number of rotatable bonds is 5. The van der Waals surface area contributed by atoms with Crippen LogP contribution in [0.4, 0.5) is 8.78 Å². The topological polar surface area (TPSA) is 38.5 Å². The Bertz CT molecular complexity index is 428. The lowest BCUT2D eigenvalue weighted by molar-refractivity contribution is 0.152. The van der Waals surface area contributed by atoms with Gasteiger partial charge >= 0.3 is 0 Å². The van der Waals surface area contributed by atoms with Crippen LogP contribution in [0.5, 0.6) is 0 Å². The molecule has 0 aromatic heterocycles. The molecule has 2 atom stereocenters. The van der Waals surface area contributed by atoms with E-state index in [4.69, 9.17) is 10.5 Å². The van der Waals surface area contributed by atoms with Crippen LogP contribution < -0.4 is 5.73 Å². The van der Waals surface area contributed by atoms with Gasteiger partial charge in [-0.25, -0.2) is 8.78 Å². The van der Waals surface area contributed by atoms with E-state index in [1.807, 2.05) is 0 Å². The van der Waals surface area contributed by atoms with E-state index in [9.17, 15) is 8.78 Å². The van der Waals surface area contributed by atoms with Crippen LogP contribution >= 0.6 is 0 Å². The zero-order valence-electron chi connectivity index (χ0n) is 11.1. The number of ether oxygens (including phenoxy) is 1. The summed E-state index contributed by atoms with van der Waals surface area (Å²) in [6.07, 6.45) is 1.10. The molecule has 1 heterocycles. The summed E-state index contributed by atoms with van der Waals surface area (Å²) in [4.78, 5) is 2.25. The largest absolute Gasteiger partial charge is 0.384 e. The van der Waals surface area contributed by atoms with Gasteiger partial charge in [-0.15, -0.1) is 0 Å². The van der Waals surface area contributed by atoms with Crippen molar-refractivity contribution in [1.29, 1.82) is 0 Å². The second kappa shape index (κ2) is 6.41. The summed E-state index contributed by atoms with van der Waals surface area (Å²) in [5.41, 5.74) is 6.68.